The summed E-state index contributed by atoms with van der Waals surface area (Å²) in [6, 6.07) is 8.55. The van der Waals surface area contributed by atoms with Gasteiger partial charge in [-0.15, -0.1) is 5.10 Å². The molecule has 0 saturated heterocycles. The van der Waals surface area contributed by atoms with E-state index in [4.69, 9.17) is 0 Å². The van der Waals surface area contributed by atoms with Crippen molar-refractivity contribution in [2.75, 3.05) is 12.3 Å². The second-order valence-electron chi connectivity index (χ2n) is 4.70. The number of hydrogen-bond donors (Lipinski definition) is 1. The Balaban J connectivity index is 1.68. The van der Waals surface area contributed by atoms with Crippen molar-refractivity contribution >= 4 is 29.2 Å². The molecule has 0 aliphatic rings. The van der Waals surface area contributed by atoms with Gasteiger partial charge in [0, 0.05) is 18.1 Å². The molecule has 0 aliphatic carbocycles. The highest BCUT2D eigenvalue weighted by atomic mass is 32.2. The summed E-state index contributed by atoms with van der Waals surface area (Å²) in [5.74, 6) is 1.81. The van der Waals surface area contributed by atoms with Gasteiger partial charge >= 0.3 is 0 Å². The third-order valence-corrected chi connectivity index (χ3v) is 4.82. The summed E-state index contributed by atoms with van der Waals surface area (Å²) in [6.45, 7) is 4.73. The van der Waals surface area contributed by atoms with Gasteiger partial charge in [-0.05, 0) is 30.4 Å². The van der Waals surface area contributed by atoms with Gasteiger partial charge in [-0.3, -0.25) is 4.79 Å². The molecular formula is C15H19N3OS2. The van der Waals surface area contributed by atoms with Gasteiger partial charge in [-0.2, -0.15) is 11.8 Å². The van der Waals surface area contributed by atoms with E-state index in [1.54, 1.807) is 0 Å². The molecular weight excluding hydrogens is 302 g/mol. The van der Waals surface area contributed by atoms with Crippen LogP contribution in [0.15, 0.2) is 24.3 Å². The Hall–Kier alpha value is -1.40. The summed E-state index contributed by atoms with van der Waals surface area (Å²) in [7, 11) is 0. The van der Waals surface area contributed by atoms with Crippen LogP contribution in [0.4, 0.5) is 0 Å². The fraction of sp³-hybridized carbons (Fsp3) is 0.400. The Morgan fingerprint density at radius 2 is 2.10 bits per heavy atom. The normalized spacial score (nSPS) is 10.6. The van der Waals surface area contributed by atoms with Crippen LogP contribution in [0.2, 0.25) is 0 Å². The van der Waals surface area contributed by atoms with Gasteiger partial charge in [-0.25, -0.2) is 0 Å². The quantitative estimate of drug-likeness (QED) is 0.796. The molecule has 0 unspecified atom stereocenters. The first-order valence-corrected chi connectivity index (χ1v) is 8.86. The predicted molar refractivity (Wildman–Crippen MR) is 89.0 cm³/mol. The number of nitrogens with one attached hydrogen (secondary N) is 1. The fourth-order valence-electron chi connectivity index (χ4n) is 1.80. The Kier molecular flexibility index (Phi) is 6.20. The second-order valence-corrected chi connectivity index (χ2v) is 6.56. The summed E-state index contributed by atoms with van der Waals surface area (Å²) >= 11 is 2.98. The Bertz CT molecular complexity index is 581. The fourth-order valence-corrected chi connectivity index (χ4v) is 3.29. The molecule has 2 aromatic rings. The molecule has 4 nitrogen and oxygen atoms in total. The first-order chi connectivity index (χ1) is 10.2. The number of carbonyl (C=O) groups is 1. The van der Waals surface area contributed by atoms with E-state index >= 15 is 0 Å². The second kappa shape index (κ2) is 8.14. The molecule has 0 atom stereocenters. The molecule has 1 N–H and O–H groups in total. The zero-order valence-corrected chi connectivity index (χ0v) is 13.9. The molecule has 0 fully saturated rings. The zero-order valence-electron chi connectivity index (χ0n) is 12.3. The van der Waals surface area contributed by atoms with Gasteiger partial charge in [0.15, 0.2) is 0 Å². The minimum absolute atomic E-state index is 0.0576. The molecule has 1 aromatic heterocycles. The average molecular weight is 321 g/mol. The van der Waals surface area contributed by atoms with E-state index < -0.39 is 0 Å². The maximum absolute atomic E-state index is 12.0. The average Bonchev–Trinajstić information content (AvgIpc) is 2.97. The van der Waals surface area contributed by atoms with Crippen molar-refractivity contribution in [3.05, 3.63) is 46.0 Å². The van der Waals surface area contributed by atoms with Crippen molar-refractivity contribution in [3.63, 3.8) is 0 Å². The van der Waals surface area contributed by atoms with Crippen LogP contribution in [0.5, 0.6) is 0 Å². The molecule has 112 valence electrons. The molecule has 0 saturated carbocycles. The van der Waals surface area contributed by atoms with Crippen LogP contribution in [-0.4, -0.2) is 27.8 Å². The molecule has 0 spiro atoms. The molecule has 0 bridgehead atoms. The van der Waals surface area contributed by atoms with Crippen LogP contribution >= 0.6 is 23.3 Å². The van der Waals surface area contributed by atoms with E-state index in [1.807, 2.05) is 18.7 Å². The zero-order chi connectivity index (χ0) is 15.1. The van der Waals surface area contributed by atoms with Crippen molar-refractivity contribution in [3.8, 4) is 0 Å². The van der Waals surface area contributed by atoms with E-state index in [1.165, 1.54) is 11.1 Å². The summed E-state index contributed by atoms with van der Waals surface area (Å²) in [6.07, 6.45) is 0.738. The number of aromatic nitrogens is 2. The third-order valence-electron chi connectivity index (χ3n) is 3.02. The van der Waals surface area contributed by atoms with Crippen molar-refractivity contribution in [1.82, 2.24) is 14.9 Å². The number of carbonyl (C=O) groups excluding carboxylic acids is 1. The lowest BCUT2D eigenvalue weighted by atomic mass is 10.2. The van der Waals surface area contributed by atoms with E-state index in [9.17, 15) is 4.79 Å². The summed E-state index contributed by atoms with van der Waals surface area (Å²) in [5, 5.41) is 6.88. The summed E-state index contributed by atoms with van der Waals surface area (Å²) in [5.41, 5.74) is 3.38. The number of nitrogens with zero attached hydrogens (tertiary/aromatic N) is 2. The van der Waals surface area contributed by atoms with Gasteiger partial charge in [0.25, 0.3) is 5.91 Å². The SMILES string of the molecule is CCc1nnsc1C(=O)NCCSCc1ccc(C)cc1. The van der Waals surface area contributed by atoms with Crippen LogP contribution in [-0.2, 0) is 12.2 Å². The minimum Gasteiger partial charge on any atom is -0.350 e. The minimum atomic E-state index is -0.0576. The third kappa shape index (κ3) is 4.82. The lowest BCUT2D eigenvalue weighted by Crippen LogP contribution is -2.25. The van der Waals surface area contributed by atoms with Crippen LogP contribution in [0.3, 0.4) is 0 Å². The van der Waals surface area contributed by atoms with Crippen molar-refractivity contribution in [2.24, 2.45) is 0 Å². The topological polar surface area (TPSA) is 54.9 Å². The van der Waals surface area contributed by atoms with Crippen LogP contribution in [0, 0.1) is 6.92 Å². The lowest BCUT2D eigenvalue weighted by molar-refractivity contribution is 0.0959. The van der Waals surface area contributed by atoms with E-state index in [2.05, 4.69) is 46.1 Å². The number of benzene rings is 1. The number of thioether (sulfide) groups is 1. The molecule has 1 aromatic carbocycles. The highest BCUT2D eigenvalue weighted by molar-refractivity contribution is 7.98. The van der Waals surface area contributed by atoms with Gasteiger partial charge in [-0.1, -0.05) is 41.2 Å². The van der Waals surface area contributed by atoms with Crippen LogP contribution in [0.1, 0.15) is 33.4 Å². The predicted octanol–water partition coefficient (Wildman–Crippen LogP) is 3.07. The van der Waals surface area contributed by atoms with Gasteiger partial charge in [0.1, 0.15) is 4.88 Å². The van der Waals surface area contributed by atoms with Crippen molar-refractivity contribution in [1.29, 1.82) is 0 Å². The molecule has 0 aliphatic heterocycles. The first-order valence-electron chi connectivity index (χ1n) is 6.93. The molecule has 6 heteroatoms. The Labute approximate surface area is 133 Å². The van der Waals surface area contributed by atoms with E-state index in [-0.39, 0.29) is 5.91 Å². The monoisotopic (exact) mass is 321 g/mol. The van der Waals surface area contributed by atoms with Crippen LogP contribution < -0.4 is 5.32 Å². The maximum atomic E-state index is 12.0. The number of aryl methyl sites for hydroxylation is 2. The van der Waals surface area contributed by atoms with Crippen molar-refractivity contribution in [2.45, 2.75) is 26.0 Å². The first kappa shape index (κ1) is 16.0. The molecule has 2 rings (SSSR count). The number of hydrogen-bond acceptors (Lipinski definition) is 5. The summed E-state index contributed by atoms with van der Waals surface area (Å²) in [4.78, 5) is 12.6. The Morgan fingerprint density at radius 1 is 1.33 bits per heavy atom. The molecule has 1 heterocycles. The van der Waals surface area contributed by atoms with E-state index in [0.29, 0.717) is 11.4 Å². The smallest absolute Gasteiger partial charge is 0.264 e. The van der Waals surface area contributed by atoms with Gasteiger partial charge in [0.05, 0.1) is 5.69 Å². The van der Waals surface area contributed by atoms with Gasteiger partial charge in [0.2, 0.25) is 0 Å². The standard InChI is InChI=1S/C15H19N3OS2/c1-3-13-14(21-18-17-13)15(19)16-8-9-20-10-12-6-4-11(2)5-7-12/h4-7H,3,8-10H2,1-2H3,(H,16,19). The largest absolute Gasteiger partial charge is 0.350 e. The highest BCUT2D eigenvalue weighted by Crippen LogP contribution is 2.13. The van der Waals surface area contributed by atoms with Crippen LogP contribution in [0.25, 0.3) is 0 Å². The summed E-state index contributed by atoms with van der Waals surface area (Å²) < 4.78 is 3.83. The lowest BCUT2D eigenvalue weighted by Gasteiger charge is -2.05. The van der Waals surface area contributed by atoms with Gasteiger partial charge < -0.3 is 5.32 Å². The number of amides is 1. The number of rotatable bonds is 7. The van der Waals surface area contributed by atoms with E-state index in [0.717, 1.165) is 35.2 Å². The highest BCUT2D eigenvalue weighted by Gasteiger charge is 2.13. The Morgan fingerprint density at radius 3 is 2.81 bits per heavy atom. The maximum Gasteiger partial charge on any atom is 0.264 e. The molecule has 0 radical (unpaired) electrons. The van der Waals surface area contributed by atoms with Crippen molar-refractivity contribution < 1.29 is 4.79 Å². The molecule has 21 heavy (non-hydrogen) atoms. The molecule has 1 amide bonds.